The van der Waals surface area contributed by atoms with Crippen LogP contribution >= 0.6 is 11.3 Å². The average molecular weight is 734 g/mol. The Morgan fingerprint density at radius 3 is 1.66 bits per heavy atom. The fraction of sp³-hybridized carbons (Fsp3) is 0. The highest BCUT2D eigenvalue weighted by molar-refractivity contribution is 7.26. The Labute approximate surface area is 327 Å². The first-order valence-corrected chi connectivity index (χ1v) is 19.5. The summed E-state index contributed by atoms with van der Waals surface area (Å²) >= 11 is 1.78. The van der Waals surface area contributed by atoms with E-state index in [1.54, 1.807) is 11.3 Å². The Hall–Kier alpha value is -7.21. The van der Waals surface area contributed by atoms with Crippen LogP contribution in [0.2, 0.25) is 0 Å². The highest BCUT2D eigenvalue weighted by Gasteiger charge is 2.19. The normalized spacial score (nSPS) is 11.6. The van der Waals surface area contributed by atoms with Crippen LogP contribution in [0.25, 0.3) is 110 Å². The molecule has 56 heavy (non-hydrogen) atoms. The standard InChI is InChI=1S/C51H31N3OS/c1-4-13-32(14-5-1)33-23-25-36(26-24-33)50-52-49(35-17-8-3-9-18-35)53-51(54-50)42-21-12-20-41-40-28-27-37(31-46(40)56-48(41)42)38-29-43(34-15-6-2-7-16-34)47-44(30-38)39-19-10-11-22-45(39)55-47/h1-31H. The summed E-state index contributed by atoms with van der Waals surface area (Å²) in [5.74, 6) is 1.95. The lowest BCUT2D eigenvalue weighted by atomic mass is 9.95. The van der Waals surface area contributed by atoms with Crippen LogP contribution in [0.4, 0.5) is 0 Å². The molecule has 0 fully saturated rings. The minimum Gasteiger partial charge on any atom is -0.455 e. The SMILES string of the molecule is c1ccc(-c2ccc(-c3nc(-c4ccccc4)nc(-c4cccc5c4sc4cc(-c6cc(-c7ccccc7)c7oc8ccccc8c7c6)ccc45)n3)cc2)cc1. The molecular formula is C51H31N3OS. The van der Waals surface area contributed by atoms with Crippen molar-refractivity contribution < 1.29 is 4.42 Å². The summed E-state index contributed by atoms with van der Waals surface area (Å²) in [6, 6.07) is 65.7. The molecule has 0 saturated heterocycles. The van der Waals surface area contributed by atoms with E-state index in [2.05, 4.69) is 152 Å². The van der Waals surface area contributed by atoms with Crippen LogP contribution in [-0.2, 0) is 0 Å². The molecule has 5 heteroatoms. The van der Waals surface area contributed by atoms with Gasteiger partial charge in [-0.25, -0.2) is 15.0 Å². The molecule has 8 aromatic carbocycles. The van der Waals surface area contributed by atoms with Crippen LogP contribution in [0.3, 0.4) is 0 Å². The molecule has 11 rings (SSSR count). The number of benzene rings is 8. The van der Waals surface area contributed by atoms with Crippen molar-refractivity contribution in [1.29, 1.82) is 0 Å². The van der Waals surface area contributed by atoms with Crippen molar-refractivity contribution in [1.82, 2.24) is 15.0 Å². The molecule has 0 atom stereocenters. The zero-order chi connectivity index (χ0) is 37.0. The van der Waals surface area contributed by atoms with E-state index in [-0.39, 0.29) is 0 Å². The smallest absolute Gasteiger partial charge is 0.165 e. The molecule has 0 aliphatic heterocycles. The maximum absolute atomic E-state index is 6.48. The van der Waals surface area contributed by atoms with Gasteiger partial charge < -0.3 is 4.42 Å². The average Bonchev–Trinajstić information content (AvgIpc) is 3.85. The summed E-state index contributed by atoms with van der Waals surface area (Å²) in [5, 5.41) is 4.63. The Kier molecular flexibility index (Phi) is 7.64. The van der Waals surface area contributed by atoms with E-state index in [4.69, 9.17) is 19.4 Å². The van der Waals surface area contributed by atoms with Crippen molar-refractivity contribution >= 4 is 53.4 Å². The van der Waals surface area contributed by atoms with Gasteiger partial charge in [-0.15, -0.1) is 11.3 Å². The first kappa shape index (κ1) is 32.2. The summed E-state index contributed by atoms with van der Waals surface area (Å²) < 4.78 is 8.83. The number of hydrogen-bond acceptors (Lipinski definition) is 5. The zero-order valence-electron chi connectivity index (χ0n) is 30.1. The number of furan rings is 1. The number of hydrogen-bond donors (Lipinski definition) is 0. The van der Waals surface area contributed by atoms with Gasteiger partial charge in [0, 0.05) is 53.2 Å². The Balaban J connectivity index is 1.05. The van der Waals surface area contributed by atoms with E-state index in [0.717, 1.165) is 71.1 Å². The van der Waals surface area contributed by atoms with Gasteiger partial charge in [-0.1, -0.05) is 158 Å². The molecule has 0 unspecified atom stereocenters. The molecule has 3 heterocycles. The molecule has 0 amide bonds. The fourth-order valence-electron chi connectivity index (χ4n) is 7.76. The highest BCUT2D eigenvalue weighted by atomic mass is 32.1. The van der Waals surface area contributed by atoms with Gasteiger partial charge in [-0.3, -0.25) is 0 Å². The van der Waals surface area contributed by atoms with Crippen molar-refractivity contribution in [2.45, 2.75) is 0 Å². The monoisotopic (exact) mass is 733 g/mol. The first-order valence-electron chi connectivity index (χ1n) is 18.7. The third kappa shape index (κ3) is 5.56. The molecule has 0 aliphatic rings. The molecule has 0 bridgehead atoms. The van der Waals surface area contributed by atoms with Crippen molar-refractivity contribution in [2.24, 2.45) is 0 Å². The van der Waals surface area contributed by atoms with Crippen LogP contribution in [0.15, 0.2) is 192 Å². The Bertz CT molecular complexity index is 3230. The van der Waals surface area contributed by atoms with Gasteiger partial charge in [0.2, 0.25) is 0 Å². The number of thiophene rings is 1. The van der Waals surface area contributed by atoms with Crippen molar-refractivity contribution in [3.05, 3.63) is 188 Å². The van der Waals surface area contributed by atoms with Crippen LogP contribution < -0.4 is 0 Å². The van der Waals surface area contributed by atoms with Crippen molar-refractivity contribution in [3.8, 4) is 67.5 Å². The van der Waals surface area contributed by atoms with Crippen LogP contribution in [-0.4, -0.2) is 15.0 Å². The number of nitrogens with zero attached hydrogens (tertiary/aromatic N) is 3. The van der Waals surface area contributed by atoms with Gasteiger partial charge in [0.25, 0.3) is 0 Å². The van der Waals surface area contributed by atoms with Crippen molar-refractivity contribution in [2.75, 3.05) is 0 Å². The second-order valence-corrected chi connectivity index (χ2v) is 15.0. The van der Waals surface area contributed by atoms with E-state index in [0.29, 0.717) is 17.5 Å². The molecular weight excluding hydrogens is 703 g/mol. The van der Waals surface area contributed by atoms with Gasteiger partial charge >= 0.3 is 0 Å². The third-order valence-corrected chi connectivity index (χ3v) is 11.8. The fourth-order valence-corrected chi connectivity index (χ4v) is 9.01. The van der Waals surface area contributed by atoms with Gasteiger partial charge in [-0.05, 0) is 58.1 Å². The lowest BCUT2D eigenvalue weighted by molar-refractivity contribution is 0.670. The minimum absolute atomic E-state index is 0.644. The molecule has 0 N–H and O–H groups in total. The number of rotatable bonds is 6. The van der Waals surface area contributed by atoms with E-state index in [1.807, 2.05) is 36.4 Å². The quantitative estimate of drug-likeness (QED) is 0.171. The number of fused-ring (bicyclic) bond motifs is 6. The molecule has 0 saturated carbocycles. The largest absolute Gasteiger partial charge is 0.455 e. The molecule has 11 aromatic rings. The summed E-state index contributed by atoms with van der Waals surface area (Å²) in [7, 11) is 0. The second-order valence-electron chi connectivity index (χ2n) is 14.0. The lowest BCUT2D eigenvalue weighted by Crippen LogP contribution is -2.00. The van der Waals surface area contributed by atoms with E-state index < -0.39 is 0 Å². The summed E-state index contributed by atoms with van der Waals surface area (Å²) in [6.45, 7) is 0. The number of aromatic nitrogens is 3. The lowest BCUT2D eigenvalue weighted by Gasteiger charge is -2.10. The summed E-state index contributed by atoms with van der Waals surface area (Å²) in [5.41, 5.74) is 11.5. The predicted octanol–water partition coefficient (Wildman–Crippen LogP) is 14.1. The predicted molar refractivity (Wildman–Crippen MR) is 233 cm³/mol. The Morgan fingerprint density at radius 1 is 0.339 bits per heavy atom. The van der Waals surface area contributed by atoms with Gasteiger partial charge in [0.15, 0.2) is 17.5 Å². The third-order valence-electron chi connectivity index (χ3n) is 10.6. The van der Waals surface area contributed by atoms with Crippen LogP contribution in [0.5, 0.6) is 0 Å². The maximum atomic E-state index is 6.48. The molecule has 4 nitrogen and oxygen atoms in total. The highest BCUT2D eigenvalue weighted by Crippen LogP contribution is 2.43. The van der Waals surface area contributed by atoms with E-state index >= 15 is 0 Å². The minimum atomic E-state index is 0.644. The maximum Gasteiger partial charge on any atom is 0.165 e. The van der Waals surface area contributed by atoms with E-state index in [9.17, 15) is 0 Å². The molecule has 0 aliphatic carbocycles. The Morgan fingerprint density at radius 2 is 0.911 bits per heavy atom. The van der Waals surface area contributed by atoms with Crippen molar-refractivity contribution in [3.63, 3.8) is 0 Å². The molecule has 0 spiro atoms. The van der Waals surface area contributed by atoms with E-state index in [1.165, 1.54) is 21.0 Å². The molecule has 262 valence electrons. The van der Waals surface area contributed by atoms with Crippen LogP contribution in [0, 0.1) is 0 Å². The van der Waals surface area contributed by atoms with Gasteiger partial charge in [-0.2, -0.15) is 0 Å². The zero-order valence-corrected chi connectivity index (χ0v) is 30.9. The molecule has 3 aromatic heterocycles. The van der Waals surface area contributed by atoms with Gasteiger partial charge in [0.05, 0.1) is 0 Å². The van der Waals surface area contributed by atoms with Gasteiger partial charge in [0.1, 0.15) is 11.2 Å². The topological polar surface area (TPSA) is 51.8 Å². The first-order chi connectivity index (χ1) is 27.7. The second kappa shape index (κ2) is 13.3. The summed E-state index contributed by atoms with van der Waals surface area (Å²) in [4.78, 5) is 15.3. The van der Waals surface area contributed by atoms with Crippen LogP contribution in [0.1, 0.15) is 0 Å². The summed E-state index contributed by atoms with van der Waals surface area (Å²) in [6.07, 6.45) is 0. The number of para-hydroxylation sites is 1. The molecule has 0 radical (unpaired) electrons.